The van der Waals surface area contributed by atoms with Crippen molar-refractivity contribution in [1.82, 2.24) is 5.32 Å². The van der Waals surface area contributed by atoms with Crippen molar-refractivity contribution < 1.29 is 9.90 Å². The van der Waals surface area contributed by atoms with Crippen molar-refractivity contribution in [3.05, 3.63) is 71.8 Å². The van der Waals surface area contributed by atoms with Crippen LogP contribution in [0.5, 0.6) is 0 Å². The van der Waals surface area contributed by atoms with E-state index in [1.54, 1.807) is 0 Å². The van der Waals surface area contributed by atoms with E-state index in [9.17, 15) is 9.90 Å². The smallest absolute Gasteiger partial charge is 0.320 e. The van der Waals surface area contributed by atoms with Crippen LogP contribution in [0, 0.1) is 5.92 Å². The maximum atomic E-state index is 11.4. The van der Waals surface area contributed by atoms with Crippen LogP contribution in [0.2, 0.25) is 0 Å². The second-order valence-electron chi connectivity index (χ2n) is 5.84. The lowest BCUT2D eigenvalue weighted by molar-refractivity contribution is -0.140. The van der Waals surface area contributed by atoms with E-state index < -0.39 is 12.0 Å². The molecule has 116 valence electrons. The van der Waals surface area contributed by atoms with Crippen LogP contribution in [0.25, 0.3) is 0 Å². The third-order valence-electron chi connectivity index (χ3n) is 3.88. The maximum Gasteiger partial charge on any atom is 0.320 e. The van der Waals surface area contributed by atoms with Crippen molar-refractivity contribution >= 4 is 5.97 Å². The van der Waals surface area contributed by atoms with Gasteiger partial charge in [0.2, 0.25) is 0 Å². The van der Waals surface area contributed by atoms with E-state index in [2.05, 4.69) is 29.6 Å². The van der Waals surface area contributed by atoms with E-state index in [1.807, 2.05) is 50.2 Å². The van der Waals surface area contributed by atoms with Gasteiger partial charge in [0.15, 0.2) is 0 Å². The molecule has 2 aromatic carbocycles. The fourth-order valence-electron chi connectivity index (χ4n) is 2.65. The third kappa shape index (κ3) is 4.18. The summed E-state index contributed by atoms with van der Waals surface area (Å²) in [5, 5.41) is 12.6. The van der Waals surface area contributed by atoms with Gasteiger partial charge in [-0.2, -0.15) is 0 Å². The normalized spacial score (nSPS) is 12.5. The van der Waals surface area contributed by atoms with Crippen LogP contribution < -0.4 is 5.32 Å². The first kappa shape index (κ1) is 16.2. The second-order valence-corrected chi connectivity index (χ2v) is 5.84. The Morgan fingerprint density at radius 3 is 1.77 bits per heavy atom. The first-order chi connectivity index (χ1) is 10.6. The number of benzene rings is 2. The Kier molecular flexibility index (Phi) is 5.73. The predicted octanol–water partition coefficient (Wildman–Crippen LogP) is 3.52. The van der Waals surface area contributed by atoms with Gasteiger partial charge in [-0.25, -0.2) is 0 Å². The molecule has 0 bridgehead atoms. The topological polar surface area (TPSA) is 49.3 Å². The molecule has 0 aliphatic rings. The summed E-state index contributed by atoms with van der Waals surface area (Å²) in [7, 11) is 0. The van der Waals surface area contributed by atoms with Gasteiger partial charge in [0.25, 0.3) is 0 Å². The van der Waals surface area contributed by atoms with Crippen LogP contribution in [0.1, 0.15) is 30.9 Å². The van der Waals surface area contributed by atoms with Gasteiger partial charge in [-0.15, -0.1) is 0 Å². The minimum atomic E-state index is -0.796. The molecule has 0 spiro atoms. The summed E-state index contributed by atoms with van der Waals surface area (Å²) >= 11 is 0. The number of carboxylic acids is 1. The molecule has 0 fully saturated rings. The van der Waals surface area contributed by atoms with Crippen LogP contribution in [-0.4, -0.2) is 23.7 Å². The van der Waals surface area contributed by atoms with Gasteiger partial charge in [-0.3, -0.25) is 4.79 Å². The molecule has 2 rings (SSSR count). The monoisotopic (exact) mass is 297 g/mol. The van der Waals surface area contributed by atoms with E-state index in [-0.39, 0.29) is 11.8 Å². The van der Waals surface area contributed by atoms with Crippen molar-refractivity contribution in [1.29, 1.82) is 0 Å². The highest BCUT2D eigenvalue weighted by Gasteiger charge is 2.23. The largest absolute Gasteiger partial charge is 0.480 e. The number of rotatable bonds is 7. The fraction of sp³-hybridized carbons (Fsp3) is 0.316. The molecule has 0 aromatic heterocycles. The average molecular weight is 297 g/mol. The lowest BCUT2D eigenvalue weighted by Gasteiger charge is -2.23. The van der Waals surface area contributed by atoms with Crippen LogP contribution >= 0.6 is 0 Å². The van der Waals surface area contributed by atoms with Crippen molar-refractivity contribution in [3.63, 3.8) is 0 Å². The number of aliphatic carboxylic acids is 1. The predicted molar refractivity (Wildman–Crippen MR) is 89.0 cm³/mol. The standard InChI is InChI=1S/C19H23NO2/c1-14(2)18(19(21)22)20-13-17(15-9-5-3-6-10-15)16-11-7-4-8-12-16/h3-12,14,17-18,20H,13H2,1-2H3,(H,21,22)/t18-/m0/s1. The molecular weight excluding hydrogens is 274 g/mol. The van der Waals surface area contributed by atoms with Crippen LogP contribution in [-0.2, 0) is 4.79 Å². The fourth-order valence-corrected chi connectivity index (χ4v) is 2.65. The summed E-state index contributed by atoms with van der Waals surface area (Å²) in [5.41, 5.74) is 2.38. The molecule has 0 radical (unpaired) electrons. The molecule has 0 heterocycles. The molecule has 22 heavy (non-hydrogen) atoms. The summed E-state index contributed by atoms with van der Waals surface area (Å²) < 4.78 is 0. The molecule has 2 N–H and O–H groups in total. The van der Waals surface area contributed by atoms with E-state index in [4.69, 9.17) is 0 Å². The zero-order chi connectivity index (χ0) is 15.9. The zero-order valence-corrected chi connectivity index (χ0v) is 13.1. The van der Waals surface area contributed by atoms with Gasteiger partial charge in [0.05, 0.1) is 0 Å². The SMILES string of the molecule is CC(C)[C@H](NCC(c1ccccc1)c1ccccc1)C(=O)O. The molecular formula is C19H23NO2. The summed E-state index contributed by atoms with van der Waals surface area (Å²) in [4.78, 5) is 11.4. The minimum absolute atomic E-state index is 0.0460. The average Bonchev–Trinajstić information content (AvgIpc) is 2.52. The number of hydrogen-bond donors (Lipinski definition) is 2. The van der Waals surface area contributed by atoms with E-state index in [0.717, 1.165) is 0 Å². The maximum absolute atomic E-state index is 11.4. The van der Waals surface area contributed by atoms with E-state index in [0.29, 0.717) is 6.54 Å². The van der Waals surface area contributed by atoms with Crippen LogP contribution in [0.3, 0.4) is 0 Å². The lowest BCUT2D eigenvalue weighted by Crippen LogP contribution is -2.42. The molecule has 0 aliphatic carbocycles. The van der Waals surface area contributed by atoms with Gasteiger partial charge >= 0.3 is 5.97 Å². The molecule has 0 unspecified atom stereocenters. The van der Waals surface area contributed by atoms with E-state index >= 15 is 0 Å². The Balaban J connectivity index is 2.21. The molecule has 0 amide bonds. The molecule has 2 aromatic rings. The molecule has 0 saturated carbocycles. The lowest BCUT2D eigenvalue weighted by atomic mass is 9.90. The summed E-state index contributed by atoms with van der Waals surface area (Å²) in [6.07, 6.45) is 0. The Bertz CT molecular complexity index is 541. The van der Waals surface area contributed by atoms with Crippen molar-refractivity contribution in [2.45, 2.75) is 25.8 Å². The Morgan fingerprint density at radius 1 is 0.955 bits per heavy atom. The van der Waals surface area contributed by atoms with Crippen molar-refractivity contribution in [2.75, 3.05) is 6.54 Å². The van der Waals surface area contributed by atoms with Gasteiger partial charge in [0.1, 0.15) is 6.04 Å². The highest BCUT2D eigenvalue weighted by atomic mass is 16.4. The molecule has 0 saturated heterocycles. The first-order valence-electron chi connectivity index (χ1n) is 7.65. The zero-order valence-electron chi connectivity index (χ0n) is 13.1. The first-order valence-corrected chi connectivity index (χ1v) is 7.65. The van der Waals surface area contributed by atoms with Gasteiger partial charge in [-0.1, -0.05) is 74.5 Å². The van der Waals surface area contributed by atoms with Crippen molar-refractivity contribution in [2.24, 2.45) is 5.92 Å². The second kappa shape index (κ2) is 7.76. The molecule has 1 atom stereocenters. The minimum Gasteiger partial charge on any atom is -0.480 e. The van der Waals surface area contributed by atoms with Crippen LogP contribution in [0.4, 0.5) is 0 Å². The van der Waals surface area contributed by atoms with Gasteiger partial charge in [-0.05, 0) is 17.0 Å². The Hall–Kier alpha value is -2.13. The van der Waals surface area contributed by atoms with Gasteiger partial charge in [0, 0.05) is 12.5 Å². The Morgan fingerprint density at radius 2 is 1.41 bits per heavy atom. The Labute approximate surface area is 132 Å². The summed E-state index contributed by atoms with van der Waals surface area (Å²) in [6, 6.07) is 19.9. The van der Waals surface area contributed by atoms with Gasteiger partial charge < -0.3 is 10.4 Å². The number of nitrogens with one attached hydrogen (secondary N) is 1. The molecule has 3 nitrogen and oxygen atoms in total. The quantitative estimate of drug-likeness (QED) is 0.822. The van der Waals surface area contributed by atoms with Crippen molar-refractivity contribution in [3.8, 4) is 0 Å². The number of carboxylic acid groups (broad SMARTS) is 1. The summed E-state index contributed by atoms with van der Waals surface area (Å²) in [5.74, 6) is -0.609. The highest BCUT2D eigenvalue weighted by molar-refractivity contribution is 5.73. The van der Waals surface area contributed by atoms with Crippen LogP contribution in [0.15, 0.2) is 60.7 Å². The number of carbonyl (C=O) groups is 1. The van der Waals surface area contributed by atoms with E-state index in [1.165, 1.54) is 11.1 Å². The molecule has 3 heteroatoms. The number of hydrogen-bond acceptors (Lipinski definition) is 2. The molecule has 0 aliphatic heterocycles. The third-order valence-corrected chi connectivity index (χ3v) is 3.88. The summed E-state index contributed by atoms with van der Waals surface area (Å²) in [6.45, 7) is 4.45. The highest BCUT2D eigenvalue weighted by Crippen LogP contribution is 2.24.